The highest BCUT2D eigenvalue weighted by atomic mass is 79.9. The molecule has 0 N–H and O–H groups in total. The zero-order valence-electron chi connectivity index (χ0n) is 6.83. The van der Waals surface area contributed by atoms with Crippen molar-refractivity contribution in [2.24, 2.45) is 0 Å². The summed E-state index contributed by atoms with van der Waals surface area (Å²) in [7, 11) is 0. The van der Waals surface area contributed by atoms with Crippen molar-refractivity contribution in [2.45, 2.75) is 12.8 Å². The number of fused-ring (bicyclic) bond motifs is 1. The molecule has 0 heterocycles. The molecular weight excluding hydrogens is 355 g/mol. The maximum absolute atomic E-state index is 11.3. The average molecular weight is 359 g/mol. The van der Waals surface area contributed by atoms with Crippen LogP contribution >= 0.6 is 55.1 Å². The summed E-state index contributed by atoms with van der Waals surface area (Å²) in [6, 6.07) is 0. The van der Waals surface area contributed by atoms with Crippen LogP contribution < -0.4 is 0 Å². The van der Waals surface area contributed by atoms with Crippen molar-refractivity contribution in [3.05, 3.63) is 30.1 Å². The number of carbonyl (C=O) groups is 1. The normalized spacial score (nSPS) is 14.7. The summed E-state index contributed by atoms with van der Waals surface area (Å²) in [5, 5.41) is 0.930. The van der Waals surface area contributed by atoms with Crippen molar-refractivity contribution in [3.63, 3.8) is 0 Å². The number of carbonyl (C=O) groups excluding carboxylic acids is 1. The summed E-state index contributed by atoms with van der Waals surface area (Å²) >= 11 is 18.7. The van der Waals surface area contributed by atoms with E-state index in [-0.39, 0.29) is 5.78 Å². The monoisotopic (exact) mass is 356 g/mol. The Labute approximate surface area is 108 Å². The van der Waals surface area contributed by atoms with Gasteiger partial charge in [-0.05, 0) is 43.0 Å². The van der Waals surface area contributed by atoms with Gasteiger partial charge in [-0.25, -0.2) is 0 Å². The zero-order valence-corrected chi connectivity index (χ0v) is 11.5. The van der Waals surface area contributed by atoms with Gasteiger partial charge in [0.25, 0.3) is 0 Å². The third kappa shape index (κ3) is 1.54. The highest BCUT2D eigenvalue weighted by molar-refractivity contribution is 9.11. The lowest BCUT2D eigenvalue weighted by molar-refractivity contribution is -0.117. The number of benzene rings is 1. The van der Waals surface area contributed by atoms with E-state index in [4.69, 9.17) is 23.2 Å². The van der Waals surface area contributed by atoms with Gasteiger partial charge in [0.15, 0.2) is 0 Å². The van der Waals surface area contributed by atoms with Gasteiger partial charge >= 0.3 is 0 Å². The second-order valence-electron chi connectivity index (χ2n) is 3.11. The smallest absolute Gasteiger partial charge is 0.141 e. The van der Waals surface area contributed by atoms with E-state index in [1.54, 1.807) is 0 Å². The number of hydrogen-bond acceptors (Lipinski definition) is 1. The molecule has 1 aromatic carbocycles. The second kappa shape index (κ2) is 3.78. The van der Waals surface area contributed by atoms with Crippen LogP contribution in [0.5, 0.6) is 0 Å². The molecule has 14 heavy (non-hydrogen) atoms. The standard InChI is InChI=1S/C9H4Br2Cl2O/c10-6-4-1-3(14)2-5(4)7(11)9(13)8(6)12/h1-2H2. The van der Waals surface area contributed by atoms with E-state index in [0.29, 0.717) is 22.9 Å². The minimum absolute atomic E-state index is 0.194. The fraction of sp³-hybridized carbons (Fsp3) is 0.222. The molecule has 0 unspecified atom stereocenters. The minimum atomic E-state index is 0.194. The summed E-state index contributed by atoms with van der Waals surface area (Å²) in [5.74, 6) is 0.194. The van der Waals surface area contributed by atoms with Crippen LogP contribution in [0, 0.1) is 0 Å². The van der Waals surface area contributed by atoms with Crippen LogP contribution in [0.4, 0.5) is 0 Å². The lowest BCUT2D eigenvalue weighted by Gasteiger charge is -2.09. The lowest BCUT2D eigenvalue weighted by Crippen LogP contribution is -1.93. The van der Waals surface area contributed by atoms with E-state index in [1.807, 2.05) is 0 Å². The molecule has 0 aliphatic heterocycles. The first kappa shape index (κ1) is 10.9. The van der Waals surface area contributed by atoms with Crippen molar-refractivity contribution >= 4 is 60.8 Å². The molecule has 0 amide bonds. The fourth-order valence-corrected chi connectivity index (χ4v) is 3.35. The molecule has 1 nitrogen and oxygen atoms in total. The van der Waals surface area contributed by atoms with Gasteiger partial charge < -0.3 is 0 Å². The van der Waals surface area contributed by atoms with Crippen LogP contribution in [-0.4, -0.2) is 5.78 Å². The molecule has 5 heteroatoms. The predicted octanol–water partition coefficient (Wildman–Crippen LogP) is 4.19. The Balaban J connectivity index is 2.76. The third-order valence-electron chi connectivity index (χ3n) is 2.22. The van der Waals surface area contributed by atoms with Gasteiger partial charge in [-0.2, -0.15) is 0 Å². The molecular formula is C9H4Br2Cl2O. The fourth-order valence-electron chi connectivity index (χ4n) is 1.55. The maximum atomic E-state index is 11.3. The van der Waals surface area contributed by atoms with Crippen LogP contribution in [-0.2, 0) is 17.6 Å². The zero-order chi connectivity index (χ0) is 10.5. The van der Waals surface area contributed by atoms with Crippen molar-refractivity contribution in [1.29, 1.82) is 0 Å². The van der Waals surface area contributed by atoms with Crippen molar-refractivity contribution < 1.29 is 4.79 Å². The van der Waals surface area contributed by atoms with Crippen molar-refractivity contribution in [3.8, 4) is 0 Å². The van der Waals surface area contributed by atoms with Crippen LogP contribution in [0.25, 0.3) is 0 Å². The van der Waals surface area contributed by atoms with Crippen LogP contribution in [0.1, 0.15) is 11.1 Å². The van der Waals surface area contributed by atoms with Gasteiger partial charge in [0.1, 0.15) is 5.78 Å². The number of hydrogen-bond donors (Lipinski definition) is 0. The predicted molar refractivity (Wildman–Crippen MR) is 64.3 cm³/mol. The molecule has 0 radical (unpaired) electrons. The third-order valence-corrected chi connectivity index (χ3v) is 5.28. The summed E-state index contributed by atoms with van der Waals surface area (Å²) in [6.07, 6.45) is 0.872. The van der Waals surface area contributed by atoms with Gasteiger partial charge in [0.05, 0.1) is 10.0 Å². The van der Waals surface area contributed by atoms with Crippen LogP contribution in [0.3, 0.4) is 0 Å². The minimum Gasteiger partial charge on any atom is -0.299 e. The highest BCUT2D eigenvalue weighted by Gasteiger charge is 2.27. The van der Waals surface area contributed by atoms with E-state index in [9.17, 15) is 4.79 Å². The first-order valence-corrected chi connectivity index (χ1v) is 6.22. The number of halogens is 4. The highest BCUT2D eigenvalue weighted by Crippen LogP contribution is 2.44. The quantitative estimate of drug-likeness (QED) is 0.502. The van der Waals surface area contributed by atoms with Gasteiger partial charge in [-0.1, -0.05) is 23.2 Å². The second-order valence-corrected chi connectivity index (χ2v) is 5.45. The SMILES string of the molecule is O=C1Cc2c(Br)c(Cl)c(Cl)c(Br)c2C1. The summed E-state index contributed by atoms with van der Waals surface area (Å²) in [6.45, 7) is 0. The molecule has 74 valence electrons. The Kier molecular flexibility index (Phi) is 2.95. The topological polar surface area (TPSA) is 17.1 Å². The molecule has 0 atom stereocenters. The molecule has 1 aliphatic rings. The molecule has 0 fully saturated rings. The van der Waals surface area contributed by atoms with Gasteiger partial charge in [-0.3, -0.25) is 4.79 Å². The number of ketones is 1. The number of rotatable bonds is 0. The van der Waals surface area contributed by atoms with Crippen molar-refractivity contribution in [1.82, 2.24) is 0 Å². The van der Waals surface area contributed by atoms with Gasteiger partial charge in [0, 0.05) is 21.8 Å². The van der Waals surface area contributed by atoms with Crippen LogP contribution in [0.2, 0.25) is 10.0 Å². The summed E-state index contributed by atoms with van der Waals surface area (Å²) in [4.78, 5) is 11.3. The molecule has 2 rings (SSSR count). The molecule has 0 aromatic heterocycles. The average Bonchev–Trinajstić information content (AvgIpc) is 2.54. The molecule has 1 aromatic rings. The van der Waals surface area contributed by atoms with E-state index in [2.05, 4.69) is 31.9 Å². The maximum Gasteiger partial charge on any atom is 0.141 e. The Hall–Kier alpha value is 0.430. The molecule has 0 bridgehead atoms. The summed E-state index contributed by atoms with van der Waals surface area (Å²) < 4.78 is 1.49. The lowest BCUT2D eigenvalue weighted by atomic mass is 10.1. The van der Waals surface area contributed by atoms with E-state index in [0.717, 1.165) is 20.1 Å². The summed E-state index contributed by atoms with van der Waals surface area (Å²) in [5.41, 5.74) is 1.91. The first-order valence-electron chi connectivity index (χ1n) is 3.87. The Morgan fingerprint density at radius 2 is 1.29 bits per heavy atom. The first-order chi connectivity index (χ1) is 6.52. The number of Topliss-reactive ketones (excluding diaryl/α,β-unsaturated/α-hetero) is 1. The Bertz CT molecular complexity index is 404. The van der Waals surface area contributed by atoms with E-state index < -0.39 is 0 Å². The largest absolute Gasteiger partial charge is 0.299 e. The molecule has 0 spiro atoms. The molecule has 0 saturated carbocycles. The Morgan fingerprint density at radius 1 is 0.929 bits per heavy atom. The van der Waals surface area contributed by atoms with Gasteiger partial charge in [-0.15, -0.1) is 0 Å². The Morgan fingerprint density at radius 3 is 1.64 bits per heavy atom. The molecule has 0 saturated heterocycles. The van der Waals surface area contributed by atoms with Gasteiger partial charge in [0.2, 0.25) is 0 Å². The van der Waals surface area contributed by atoms with Crippen LogP contribution in [0.15, 0.2) is 8.95 Å². The van der Waals surface area contributed by atoms with E-state index in [1.165, 1.54) is 0 Å². The van der Waals surface area contributed by atoms with Crippen molar-refractivity contribution in [2.75, 3.05) is 0 Å². The van der Waals surface area contributed by atoms with E-state index >= 15 is 0 Å². The molecule has 1 aliphatic carbocycles.